The van der Waals surface area contributed by atoms with E-state index in [0.717, 1.165) is 18.5 Å². The van der Waals surface area contributed by atoms with Gasteiger partial charge in [-0.25, -0.2) is 4.79 Å². The van der Waals surface area contributed by atoms with Gasteiger partial charge in [-0.15, -0.1) is 0 Å². The number of aryl methyl sites for hydroxylation is 3. The summed E-state index contributed by atoms with van der Waals surface area (Å²) in [5, 5.41) is 7.07. The molecule has 0 saturated carbocycles. The summed E-state index contributed by atoms with van der Waals surface area (Å²) in [4.78, 5) is 40.3. The number of hydrogen-bond donors (Lipinski definition) is 3. The number of carbonyl (C=O) groups excluding carboxylic acids is 1. The molecule has 0 fully saturated rings. The molecule has 0 aliphatic heterocycles. The zero-order valence-electron chi connectivity index (χ0n) is 15.2. The number of rotatable bonds is 6. The highest BCUT2D eigenvalue weighted by molar-refractivity contribution is 5.94. The zero-order valence-corrected chi connectivity index (χ0v) is 15.2. The molecule has 8 heteroatoms. The van der Waals surface area contributed by atoms with Crippen molar-refractivity contribution in [2.24, 2.45) is 0 Å². The number of aromatic amines is 2. The van der Waals surface area contributed by atoms with Crippen molar-refractivity contribution in [1.82, 2.24) is 25.1 Å². The molecule has 3 N–H and O–H groups in total. The van der Waals surface area contributed by atoms with Gasteiger partial charge < -0.3 is 10.3 Å². The van der Waals surface area contributed by atoms with Crippen molar-refractivity contribution in [3.8, 4) is 11.1 Å². The van der Waals surface area contributed by atoms with Gasteiger partial charge in [0.1, 0.15) is 0 Å². The number of aromatic nitrogens is 4. The molecule has 0 unspecified atom stereocenters. The van der Waals surface area contributed by atoms with Crippen LogP contribution in [-0.4, -0.2) is 32.2 Å². The second kappa shape index (κ2) is 7.86. The molecule has 8 nitrogen and oxygen atoms in total. The Bertz CT molecular complexity index is 1060. The minimum absolute atomic E-state index is 0.176. The van der Waals surface area contributed by atoms with E-state index in [1.165, 1.54) is 0 Å². The Morgan fingerprint density at radius 2 is 1.89 bits per heavy atom. The fourth-order valence-electron chi connectivity index (χ4n) is 2.87. The van der Waals surface area contributed by atoms with E-state index < -0.39 is 11.2 Å². The minimum atomic E-state index is -0.539. The average molecular weight is 367 g/mol. The zero-order chi connectivity index (χ0) is 19.4. The van der Waals surface area contributed by atoms with Crippen LogP contribution in [0.1, 0.15) is 28.0 Å². The fourth-order valence-corrected chi connectivity index (χ4v) is 2.87. The van der Waals surface area contributed by atoms with Crippen LogP contribution in [0.2, 0.25) is 0 Å². The summed E-state index contributed by atoms with van der Waals surface area (Å²) < 4.78 is 1.85. The van der Waals surface area contributed by atoms with Gasteiger partial charge >= 0.3 is 5.69 Å². The van der Waals surface area contributed by atoms with Crippen molar-refractivity contribution in [1.29, 1.82) is 0 Å². The molecule has 0 bridgehead atoms. The topological polar surface area (TPSA) is 113 Å². The van der Waals surface area contributed by atoms with Crippen LogP contribution in [-0.2, 0) is 6.54 Å². The number of hydrogen-bond acceptors (Lipinski definition) is 4. The first-order valence-electron chi connectivity index (χ1n) is 8.65. The third-order valence-electron chi connectivity index (χ3n) is 4.18. The maximum Gasteiger partial charge on any atom is 0.325 e. The summed E-state index contributed by atoms with van der Waals surface area (Å²) in [5.74, 6) is -0.176. The molecule has 0 radical (unpaired) electrons. The highest BCUT2D eigenvalue weighted by atomic mass is 16.2. The highest BCUT2D eigenvalue weighted by Crippen LogP contribution is 2.17. The molecule has 3 rings (SSSR count). The predicted molar refractivity (Wildman–Crippen MR) is 102 cm³/mol. The molecule has 1 amide bonds. The summed E-state index contributed by atoms with van der Waals surface area (Å²) in [6.07, 6.45) is 4.53. The van der Waals surface area contributed by atoms with Crippen LogP contribution in [0.15, 0.2) is 46.2 Å². The Morgan fingerprint density at radius 3 is 2.52 bits per heavy atom. The molecule has 3 aromatic rings. The van der Waals surface area contributed by atoms with Crippen molar-refractivity contribution in [3.05, 3.63) is 74.3 Å². The molecule has 27 heavy (non-hydrogen) atoms. The number of H-pyrrole nitrogens is 2. The minimum Gasteiger partial charge on any atom is -0.352 e. The van der Waals surface area contributed by atoms with Crippen LogP contribution < -0.4 is 16.6 Å². The Kier molecular flexibility index (Phi) is 5.35. The summed E-state index contributed by atoms with van der Waals surface area (Å²) >= 11 is 0. The van der Waals surface area contributed by atoms with E-state index in [-0.39, 0.29) is 5.91 Å². The van der Waals surface area contributed by atoms with Crippen molar-refractivity contribution in [2.45, 2.75) is 26.8 Å². The molecule has 2 aromatic heterocycles. The molecule has 0 spiro atoms. The summed E-state index contributed by atoms with van der Waals surface area (Å²) in [7, 11) is 0. The van der Waals surface area contributed by atoms with Crippen LogP contribution in [0.25, 0.3) is 11.1 Å². The maximum absolute atomic E-state index is 12.2. The second-order valence-corrected chi connectivity index (χ2v) is 6.38. The van der Waals surface area contributed by atoms with Crippen molar-refractivity contribution >= 4 is 5.91 Å². The van der Waals surface area contributed by atoms with Gasteiger partial charge in [0.05, 0.1) is 11.8 Å². The van der Waals surface area contributed by atoms with E-state index in [2.05, 4.69) is 20.4 Å². The van der Waals surface area contributed by atoms with Gasteiger partial charge in [-0.3, -0.25) is 19.3 Å². The standard InChI is InChI=1S/C19H21N5O3/c1-12-10-21-24(11-12)9-3-8-20-17(25)15-6-4-14(5-7-15)16-13(2)22-19(27)23-18(16)26/h4-7,10-11H,3,8-9H2,1-2H3,(H,20,25)(H2,22,23,26,27). The largest absolute Gasteiger partial charge is 0.352 e. The van der Waals surface area contributed by atoms with Gasteiger partial charge in [-0.2, -0.15) is 5.10 Å². The number of benzene rings is 1. The van der Waals surface area contributed by atoms with Gasteiger partial charge in [-0.05, 0) is 43.5 Å². The van der Waals surface area contributed by atoms with Crippen LogP contribution in [0.5, 0.6) is 0 Å². The Morgan fingerprint density at radius 1 is 1.15 bits per heavy atom. The lowest BCUT2D eigenvalue weighted by molar-refractivity contribution is 0.0952. The normalized spacial score (nSPS) is 10.7. The third-order valence-corrected chi connectivity index (χ3v) is 4.18. The van der Waals surface area contributed by atoms with Gasteiger partial charge in [0, 0.05) is 30.5 Å². The summed E-state index contributed by atoms with van der Waals surface area (Å²) in [6, 6.07) is 6.70. The lowest BCUT2D eigenvalue weighted by Gasteiger charge is -2.07. The van der Waals surface area contributed by atoms with Crippen molar-refractivity contribution < 1.29 is 4.79 Å². The Labute approximate surface area is 155 Å². The molecule has 0 saturated heterocycles. The number of nitrogens with zero attached hydrogens (tertiary/aromatic N) is 2. The van der Waals surface area contributed by atoms with E-state index in [1.807, 2.05) is 17.8 Å². The lowest BCUT2D eigenvalue weighted by atomic mass is 10.0. The Hall–Kier alpha value is -3.42. The molecule has 140 valence electrons. The van der Waals surface area contributed by atoms with E-state index in [0.29, 0.717) is 28.9 Å². The molecule has 2 heterocycles. The summed E-state index contributed by atoms with van der Waals surface area (Å²) in [5.41, 5.74) is 2.12. The number of amides is 1. The first kappa shape index (κ1) is 18.4. The van der Waals surface area contributed by atoms with E-state index in [1.54, 1.807) is 37.4 Å². The molecule has 0 aliphatic carbocycles. The van der Waals surface area contributed by atoms with Gasteiger partial charge in [0.2, 0.25) is 0 Å². The van der Waals surface area contributed by atoms with E-state index >= 15 is 0 Å². The molecular formula is C19H21N5O3. The van der Waals surface area contributed by atoms with Crippen LogP contribution in [0, 0.1) is 13.8 Å². The van der Waals surface area contributed by atoms with E-state index in [4.69, 9.17) is 0 Å². The first-order chi connectivity index (χ1) is 12.9. The SMILES string of the molecule is Cc1cnn(CCCNC(=O)c2ccc(-c3c(C)[nH]c(=O)[nH]c3=O)cc2)c1. The predicted octanol–water partition coefficient (Wildman–Crippen LogP) is 1.36. The smallest absolute Gasteiger partial charge is 0.325 e. The van der Waals surface area contributed by atoms with Crippen molar-refractivity contribution in [3.63, 3.8) is 0 Å². The lowest BCUT2D eigenvalue weighted by Crippen LogP contribution is -2.26. The molecule has 0 aliphatic rings. The number of carbonyl (C=O) groups is 1. The highest BCUT2D eigenvalue weighted by Gasteiger charge is 2.10. The third kappa shape index (κ3) is 4.41. The van der Waals surface area contributed by atoms with Gasteiger partial charge in [0.15, 0.2) is 0 Å². The molecule has 0 atom stereocenters. The maximum atomic E-state index is 12.2. The van der Waals surface area contributed by atoms with Crippen LogP contribution in [0.3, 0.4) is 0 Å². The van der Waals surface area contributed by atoms with E-state index in [9.17, 15) is 14.4 Å². The second-order valence-electron chi connectivity index (χ2n) is 6.38. The molecule has 1 aromatic carbocycles. The quantitative estimate of drug-likeness (QED) is 0.571. The van der Waals surface area contributed by atoms with Gasteiger partial charge in [-0.1, -0.05) is 12.1 Å². The summed E-state index contributed by atoms with van der Waals surface area (Å²) in [6.45, 7) is 4.92. The molecular weight excluding hydrogens is 346 g/mol. The number of nitrogens with one attached hydrogen (secondary N) is 3. The van der Waals surface area contributed by atoms with Crippen LogP contribution in [0.4, 0.5) is 0 Å². The monoisotopic (exact) mass is 367 g/mol. The average Bonchev–Trinajstić information content (AvgIpc) is 3.03. The fraction of sp³-hybridized carbons (Fsp3) is 0.263. The first-order valence-corrected chi connectivity index (χ1v) is 8.65. The Balaban J connectivity index is 1.60. The van der Waals surface area contributed by atoms with Crippen molar-refractivity contribution in [2.75, 3.05) is 6.54 Å². The van der Waals surface area contributed by atoms with Gasteiger partial charge in [0.25, 0.3) is 11.5 Å². The van der Waals surface area contributed by atoms with Crippen LogP contribution >= 0.6 is 0 Å².